The molecule has 0 aliphatic carbocycles. The molecule has 0 saturated carbocycles. The summed E-state index contributed by atoms with van der Waals surface area (Å²) in [5.74, 6) is -3.12. The van der Waals surface area contributed by atoms with E-state index in [1.54, 1.807) is 6.07 Å². The van der Waals surface area contributed by atoms with Gasteiger partial charge < -0.3 is 9.84 Å². The standard InChI is InChI=1S/C13H9F3N2O3/c14-13(15,16)11(18-8-4-7-17-18)10(12(19)20)21-9-5-2-1-3-6-9/h1-8H,(H,19,20). The van der Waals surface area contributed by atoms with Gasteiger partial charge in [-0.1, -0.05) is 18.2 Å². The summed E-state index contributed by atoms with van der Waals surface area (Å²) in [5.41, 5.74) is -1.51. The molecular weight excluding hydrogens is 289 g/mol. The summed E-state index contributed by atoms with van der Waals surface area (Å²) >= 11 is 0. The van der Waals surface area contributed by atoms with Crippen molar-refractivity contribution in [1.82, 2.24) is 9.78 Å². The Morgan fingerprint density at radius 3 is 2.33 bits per heavy atom. The van der Waals surface area contributed by atoms with Crippen molar-refractivity contribution in [2.75, 3.05) is 0 Å². The fourth-order valence-corrected chi connectivity index (χ4v) is 1.56. The van der Waals surface area contributed by atoms with Crippen molar-refractivity contribution in [3.63, 3.8) is 0 Å². The topological polar surface area (TPSA) is 64.3 Å². The van der Waals surface area contributed by atoms with Gasteiger partial charge in [0.05, 0.1) is 0 Å². The predicted octanol–water partition coefficient (Wildman–Crippen LogP) is 2.78. The molecule has 0 fully saturated rings. The number of para-hydroxylation sites is 1. The van der Waals surface area contributed by atoms with Gasteiger partial charge in [0.2, 0.25) is 5.76 Å². The summed E-state index contributed by atoms with van der Waals surface area (Å²) in [6.07, 6.45) is -2.86. The van der Waals surface area contributed by atoms with Crippen LogP contribution >= 0.6 is 0 Å². The van der Waals surface area contributed by atoms with Gasteiger partial charge >= 0.3 is 12.1 Å². The van der Waals surface area contributed by atoms with Gasteiger partial charge in [0.25, 0.3) is 0 Å². The van der Waals surface area contributed by atoms with Gasteiger partial charge in [0, 0.05) is 12.4 Å². The van der Waals surface area contributed by atoms with E-state index in [-0.39, 0.29) is 5.75 Å². The van der Waals surface area contributed by atoms with Crippen LogP contribution in [0.5, 0.6) is 5.75 Å². The quantitative estimate of drug-likeness (QED) is 0.696. The highest BCUT2D eigenvalue weighted by Gasteiger charge is 2.42. The van der Waals surface area contributed by atoms with Crippen LogP contribution in [-0.2, 0) is 4.79 Å². The fraction of sp³-hybridized carbons (Fsp3) is 0.0769. The van der Waals surface area contributed by atoms with E-state index in [1.807, 2.05) is 0 Å². The van der Waals surface area contributed by atoms with Crippen LogP contribution in [0, 0.1) is 0 Å². The van der Waals surface area contributed by atoms with Crippen molar-refractivity contribution in [3.05, 3.63) is 54.6 Å². The van der Waals surface area contributed by atoms with Gasteiger partial charge in [0.15, 0.2) is 5.70 Å². The van der Waals surface area contributed by atoms with E-state index in [4.69, 9.17) is 9.84 Å². The Morgan fingerprint density at radius 2 is 1.86 bits per heavy atom. The summed E-state index contributed by atoms with van der Waals surface area (Å²) in [6.45, 7) is 0. The first-order valence-corrected chi connectivity index (χ1v) is 5.67. The van der Waals surface area contributed by atoms with Crippen molar-refractivity contribution in [2.45, 2.75) is 6.18 Å². The number of carboxylic acids is 1. The molecule has 0 spiro atoms. The summed E-state index contributed by atoms with van der Waals surface area (Å²) < 4.78 is 44.7. The largest absolute Gasteiger partial charge is 0.475 e. The van der Waals surface area contributed by atoms with Crippen LogP contribution < -0.4 is 4.74 Å². The van der Waals surface area contributed by atoms with Gasteiger partial charge in [0.1, 0.15) is 5.75 Å². The lowest BCUT2D eigenvalue weighted by atomic mass is 10.3. The number of rotatable bonds is 4. The van der Waals surface area contributed by atoms with Crippen LogP contribution in [0.25, 0.3) is 5.70 Å². The Balaban J connectivity index is 2.56. The molecule has 0 bridgehead atoms. The van der Waals surface area contributed by atoms with Crippen LogP contribution in [0.2, 0.25) is 0 Å². The molecule has 2 rings (SSSR count). The Labute approximate surface area is 116 Å². The Kier molecular flexibility index (Phi) is 3.97. The molecule has 0 saturated heterocycles. The van der Waals surface area contributed by atoms with Gasteiger partial charge in [-0.25, -0.2) is 9.48 Å². The lowest BCUT2D eigenvalue weighted by Crippen LogP contribution is -2.24. The third-order valence-electron chi connectivity index (χ3n) is 2.37. The second kappa shape index (κ2) is 5.70. The van der Waals surface area contributed by atoms with E-state index in [0.29, 0.717) is 4.68 Å². The SMILES string of the molecule is O=C(O)C(Oc1ccccc1)=C(n1cccn1)C(F)(F)F. The fourth-order valence-electron chi connectivity index (χ4n) is 1.56. The van der Waals surface area contributed by atoms with E-state index < -0.39 is 23.6 Å². The summed E-state index contributed by atoms with van der Waals surface area (Å²) in [5, 5.41) is 12.5. The lowest BCUT2D eigenvalue weighted by molar-refractivity contribution is -0.136. The molecular formula is C13H9F3N2O3. The zero-order valence-electron chi connectivity index (χ0n) is 10.4. The summed E-state index contributed by atoms with van der Waals surface area (Å²) in [6, 6.07) is 8.58. The number of aromatic nitrogens is 2. The van der Waals surface area contributed by atoms with E-state index in [0.717, 1.165) is 12.4 Å². The molecule has 0 atom stereocenters. The third kappa shape index (κ3) is 3.41. The Bertz CT molecular complexity index is 649. The van der Waals surface area contributed by atoms with Crippen molar-refractivity contribution < 1.29 is 27.8 Å². The number of benzene rings is 1. The molecule has 1 aromatic heterocycles. The molecule has 0 amide bonds. The van der Waals surface area contributed by atoms with Crippen LogP contribution in [0.1, 0.15) is 0 Å². The van der Waals surface area contributed by atoms with Crippen molar-refractivity contribution in [2.24, 2.45) is 0 Å². The molecule has 5 nitrogen and oxygen atoms in total. The number of halogens is 3. The number of carboxylic acid groups (broad SMARTS) is 1. The maximum Gasteiger partial charge on any atom is 0.437 e. The molecule has 0 radical (unpaired) electrons. The smallest absolute Gasteiger partial charge is 0.437 e. The minimum absolute atomic E-state index is 0.0243. The number of ether oxygens (including phenoxy) is 1. The Morgan fingerprint density at radius 1 is 1.19 bits per heavy atom. The molecule has 0 unspecified atom stereocenters. The van der Waals surface area contributed by atoms with Crippen LogP contribution in [0.4, 0.5) is 13.2 Å². The van der Waals surface area contributed by atoms with Crippen LogP contribution in [0.3, 0.4) is 0 Å². The van der Waals surface area contributed by atoms with Crippen molar-refractivity contribution >= 4 is 11.7 Å². The minimum atomic E-state index is -4.95. The molecule has 110 valence electrons. The molecule has 0 aliphatic rings. The maximum absolute atomic E-state index is 13.1. The molecule has 1 N–H and O–H groups in total. The minimum Gasteiger partial charge on any atom is -0.475 e. The number of carbonyl (C=O) groups is 1. The van der Waals surface area contributed by atoms with Gasteiger partial charge in [-0.2, -0.15) is 18.3 Å². The van der Waals surface area contributed by atoms with Crippen LogP contribution in [0.15, 0.2) is 54.6 Å². The average molecular weight is 298 g/mol. The molecule has 8 heteroatoms. The highest BCUT2D eigenvalue weighted by atomic mass is 19.4. The first-order valence-electron chi connectivity index (χ1n) is 5.67. The van der Waals surface area contributed by atoms with Crippen molar-refractivity contribution in [1.29, 1.82) is 0 Å². The third-order valence-corrected chi connectivity index (χ3v) is 2.37. The molecule has 1 heterocycles. The highest BCUT2D eigenvalue weighted by Crippen LogP contribution is 2.32. The van der Waals surface area contributed by atoms with E-state index >= 15 is 0 Å². The number of aliphatic carboxylic acids is 1. The molecule has 2 aromatic rings. The number of allylic oxidation sites excluding steroid dienone is 1. The first-order chi connectivity index (χ1) is 9.89. The normalized spacial score (nSPS) is 12.7. The first kappa shape index (κ1) is 14.6. The van der Waals surface area contributed by atoms with E-state index in [1.165, 1.54) is 30.3 Å². The van der Waals surface area contributed by atoms with Gasteiger partial charge in [-0.15, -0.1) is 0 Å². The monoisotopic (exact) mass is 298 g/mol. The zero-order valence-corrected chi connectivity index (χ0v) is 10.4. The Hall–Kier alpha value is -2.77. The molecule has 1 aromatic carbocycles. The van der Waals surface area contributed by atoms with Crippen LogP contribution in [-0.4, -0.2) is 27.0 Å². The van der Waals surface area contributed by atoms with E-state index in [9.17, 15) is 18.0 Å². The number of nitrogens with zero attached hydrogens (tertiary/aromatic N) is 2. The lowest BCUT2D eigenvalue weighted by Gasteiger charge is -2.15. The average Bonchev–Trinajstić information content (AvgIpc) is 2.91. The second-order valence-electron chi connectivity index (χ2n) is 3.85. The zero-order chi connectivity index (χ0) is 15.5. The van der Waals surface area contributed by atoms with Gasteiger partial charge in [-0.3, -0.25) is 0 Å². The van der Waals surface area contributed by atoms with Crippen molar-refractivity contribution in [3.8, 4) is 5.75 Å². The predicted molar refractivity (Wildman–Crippen MR) is 66.2 cm³/mol. The maximum atomic E-state index is 13.1. The summed E-state index contributed by atoms with van der Waals surface area (Å²) in [7, 11) is 0. The molecule has 21 heavy (non-hydrogen) atoms. The number of hydrogen-bond donors (Lipinski definition) is 1. The summed E-state index contributed by atoms with van der Waals surface area (Å²) in [4.78, 5) is 11.2. The number of alkyl halides is 3. The van der Waals surface area contributed by atoms with Gasteiger partial charge in [-0.05, 0) is 18.2 Å². The number of hydrogen-bond acceptors (Lipinski definition) is 3. The second-order valence-corrected chi connectivity index (χ2v) is 3.85. The van der Waals surface area contributed by atoms with E-state index in [2.05, 4.69) is 5.10 Å². The molecule has 0 aliphatic heterocycles. The highest BCUT2D eigenvalue weighted by molar-refractivity contribution is 5.92.